The van der Waals surface area contributed by atoms with Crippen LogP contribution in [0.25, 0.3) is 17.2 Å². The first kappa shape index (κ1) is 19.6. The van der Waals surface area contributed by atoms with Crippen LogP contribution in [0, 0.1) is 18.6 Å². The molecule has 0 saturated carbocycles. The van der Waals surface area contributed by atoms with Gasteiger partial charge in [0.2, 0.25) is 5.91 Å². The van der Waals surface area contributed by atoms with Gasteiger partial charge in [-0.15, -0.1) is 0 Å². The molecule has 2 aromatic rings. The quantitative estimate of drug-likeness (QED) is 0.747. The zero-order valence-corrected chi connectivity index (χ0v) is 15.5. The van der Waals surface area contributed by atoms with Gasteiger partial charge in [0.05, 0.1) is 7.11 Å². The summed E-state index contributed by atoms with van der Waals surface area (Å²) in [6, 6.07) is 7.86. The maximum atomic E-state index is 14.5. The van der Waals surface area contributed by atoms with E-state index in [-0.39, 0.29) is 11.5 Å². The summed E-state index contributed by atoms with van der Waals surface area (Å²) in [5, 5.41) is 2.77. The second-order valence-corrected chi connectivity index (χ2v) is 6.07. The first-order chi connectivity index (χ1) is 12.4. The summed E-state index contributed by atoms with van der Waals surface area (Å²) >= 11 is 0. The zero-order valence-electron chi connectivity index (χ0n) is 15.5. The van der Waals surface area contributed by atoms with Crippen LogP contribution in [-0.2, 0) is 4.79 Å². The molecule has 0 saturated heterocycles. The van der Waals surface area contributed by atoms with Crippen molar-refractivity contribution in [2.75, 3.05) is 13.7 Å². The molecule has 0 spiro atoms. The number of carbonyl (C=O) groups is 1. The van der Waals surface area contributed by atoms with Gasteiger partial charge in [-0.1, -0.05) is 19.1 Å². The van der Waals surface area contributed by atoms with Gasteiger partial charge in [-0.2, -0.15) is 0 Å². The predicted octanol–water partition coefficient (Wildman–Crippen LogP) is 4.88. The van der Waals surface area contributed by atoms with Crippen molar-refractivity contribution in [2.45, 2.75) is 27.2 Å². The van der Waals surface area contributed by atoms with Gasteiger partial charge in [-0.05, 0) is 61.2 Å². The molecule has 5 heteroatoms. The van der Waals surface area contributed by atoms with E-state index >= 15 is 0 Å². The van der Waals surface area contributed by atoms with Crippen molar-refractivity contribution in [1.82, 2.24) is 5.32 Å². The Bertz CT molecular complexity index is 827. The Balaban J connectivity index is 2.49. The molecule has 26 heavy (non-hydrogen) atoms. The van der Waals surface area contributed by atoms with Gasteiger partial charge in [0.1, 0.15) is 5.75 Å². The molecule has 0 bridgehead atoms. The van der Waals surface area contributed by atoms with Crippen molar-refractivity contribution in [1.29, 1.82) is 0 Å². The summed E-state index contributed by atoms with van der Waals surface area (Å²) in [6.07, 6.45) is 2.40. The van der Waals surface area contributed by atoms with Crippen molar-refractivity contribution < 1.29 is 18.3 Å². The maximum Gasteiger partial charge on any atom is 0.246 e. The lowest BCUT2D eigenvalue weighted by Gasteiger charge is -2.13. The van der Waals surface area contributed by atoms with Crippen molar-refractivity contribution in [3.63, 3.8) is 0 Å². The molecule has 0 unspecified atom stereocenters. The largest absolute Gasteiger partial charge is 0.497 e. The van der Waals surface area contributed by atoms with E-state index in [4.69, 9.17) is 4.74 Å². The summed E-state index contributed by atoms with van der Waals surface area (Å²) in [7, 11) is 1.54. The van der Waals surface area contributed by atoms with E-state index in [0.717, 1.165) is 12.5 Å². The fourth-order valence-electron chi connectivity index (χ4n) is 2.66. The van der Waals surface area contributed by atoms with E-state index in [1.807, 2.05) is 6.92 Å². The van der Waals surface area contributed by atoms with Crippen LogP contribution >= 0.6 is 0 Å². The zero-order chi connectivity index (χ0) is 19.3. The first-order valence-electron chi connectivity index (χ1n) is 8.48. The van der Waals surface area contributed by atoms with Crippen LogP contribution in [0.5, 0.6) is 5.75 Å². The molecule has 0 heterocycles. The summed E-state index contributed by atoms with van der Waals surface area (Å²) < 4.78 is 33.7. The molecular formula is C21H23F2NO2. The highest BCUT2D eigenvalue weighted by atomic mass is 19.2. The SMILES string of the molecule is CCCNC(=O)/C(C)=C/c1cc(F)c(F)c(-c2ccc(OC)cc2)c1C. The van der Waals surface area contributed by atoms with Gasteiger partial charge >= 0.3 is 0 Å². The van der Waals surface area contributed by atoms with Crippen LogP contribution in [0.15, 0.2) is 35.9 Å². The highest BCUT2D eigenvalue weighted by Gasteiger charge is 2.17. The monoisotopic (exact) mass is 359 g/mol. The molecule has 2 rings (SSSR count). The minimum atomic E-state index is -0.950. The Morgan fingerprint density at radius 2 is 1.88 bits per heavy atom. The van der Waals surface area contributed by atoms with Crippen molar-refractivity contribution in [2.24, 2.45) is 0 Å². The van der Waals surface area contributed by atoms with E-state index in [9.17, 15) is 13.6 Å². The summed E-state index contributed by atoms with van der Waals surface area (Å²) in [5.74, 6) is -1.44. The van der Waals surface area contributed by atoms with E-state index < -0.39 is 11.6 Å². The highest BCUT2D eigenvalue weighted by Crippen LogP contribution is 2.32. The predicted molar refractivity (Wildman–Crippen MR) is 100 cm³/mol. The third-order valence-electron chi connectivity index (χ3n) is 4.16. The molecule has 3 nitrogen and oxygen atoms in total. The topological polar surface area (TPSA) is 38.3 Å². The average Bonchev–Trinajstić information content (AvgIpc) is 2.64. The molecule has 138 valence electrons. The molecule has 0 aliphatic heterocycles. The van der Waals surface area contributed by atoms with E-state index in [2.05, 4.69) is 5.32 Å². The fourth-order valence-corrected chi connectivity index (χ4v) is 2.66. The standard InChI is InChI=1S/C21H23F2NO2/c1-5-10-24-21(25)13(2)11-16-12-18(22)20(23)19(14(16)3)15-6-8-17(26-4)9-7-15/h6-9,11-12H,5,10H2,1-4H3,(H,24,25)/b13-11+. The van der Waals surface area contributed by atoms with E-state index in [1.165, 1.54) is 7.11 Å². The number of amides is 1. The number of hydrogen-bond donors (Lipinski definition) is 1. The first-order valence-corrected chi connectivity index (χ1v) is 8.48. The molecule has 0 aliphatic carbocycles. The maximum absolute atomic E-state index is 14.5. The van der Waals surface area contributed by atoms with E-state index in [0.29, 0.717) is 34.6 Å². The third kappa shape index (κ3) is 4.28. The Labute approximate surface area is 152 Å². The summed E-state index contributed by atoms with van der Waals surface area (Å²) in [5.41, 5.74) is 2.20. The lowest BCUT2D eigenvalue weighted by atomic mass is 9.94. The summed E-state index contributed by atoms with van der Waals surface area (Å²) in [6.45, 7) is 5.89. The highest BCUT2D eigenvalue weighted by molar-refractivity contribution is 5.97. The number of hydrogen-bond acceptors (Lipinski definition) is 2. The molecule has 1 amide bonds. The number of benzene rings is 2. The number of ether oxygens (including phenoxy) is 1. The fraction of sp³-hybridized carbons (Fsp3) is 0.286. The normalized spacial score (nSPS) is 11.4. The number of nitrogens with one attached hydrogen (secondary N) is 1. The van der Waals surface area contributed by atoms with Gasteiger partial charge in [0.25, 0.3) is 0 Å². The van der Waals surface area contributed by atoms with E-state index in [1.54, 1.807) is 44.2 Å². The number of carbonyl (C=O) groups excluding carboxylic acids is 1. The van der Waals surface area contributed by atoms with Crippen LogP contribution in [0.2, 0.25) is 0 Å². The minimum Gasteiger partial charge on any atom is -0.497 e. The molecule has 2 aromatic carbocycles. The average molecular weight is 359 g/mol. The van der Waals surface area contributed by atoms with Crippen LogP contribution < -0.4 is 10.1 Å². The smallest absolute Gasteiger partial charge is 0.246 e. The van der Waals surface area contributed by atoms with Gasteiger partial charge in [-0.25, -0.2) is 8.78 Å². The molecule has 0 radical (unpaired) electrons. The Kier molecular flexibility index (Phi) is 6.50. The Morgan fingerprint density at radius 3 is 2.46 bits per heavy atom. The second kappa shape index (κ2) is 8.61. The van der Waals surface area contributed by atoms with Crippen LogP contribution in [-0.4, -0.2) is 19.6 Å². The summed E-state index contributed by atoms with van der Waals surface area (Å²) in [4.78, 5) is 12.0. The number of halogens is 2. The lowest BCUT2D eigenvalue weighted by Crippen LogP contribution is -2.24. The second-order valence-electron chi connectivity index (χ2n) is 6.07. The van der Waals surface area contributed by atoms with Crippen LogP contribution in [0.3, 0.4) is 0 Å². The Morgan fingerprint density at radius 1 is 1.23 bits per heavy atom. The molecular weight excluding hydrogens is 336 g/mol. The van der Waals surface area contributed by atoms with Gasteiger partial charge < -0.3 is 10.1 Å². The van der Waals surface area contributed by atoms with Crippen molar-refractivity contribution in [3.05, 3.63) is 58.7 Å². The van der Waals surface area contributed by atoms with Gasteiger partial charge in [0, 0.05) is 17.7 Å². The van der Waals surface area contributed by atoms with Gasteiger partial charge in [0.15, 0.2) is 11.6 Å². The molecule has 0 fully saturated rings. The molecule has 1 N–H and O–H groups in total. The number of methoxy groups -OCH3 is 1. The van der Waals surface area contributed by atoms with Crippen LogP contribution in [0.4, 0.5) is 8.78 Å². The van der Waals surface area contributed by atoms with Gasteiger partial charge in [-0.3, -0.25) is 4.79 Å². The lowest BCUT2D eigenvalue weighted by molar-refractivity contribution is -0.117. The molecule has 0 aliphatic rings. The third-order valence-corrected chi connectivity index (χ3v) is 4.16. The van der Waals surface area contributed by atoms with Crippen molar-refractivity contribution >= 4 is 12.0 Å². The minimum absolute atomic E-state index is 0.181. The molecule has 0 atom stereocenters. The van der Waals surface area contributed by atoms with Crippen molar-refractivity contribution in [3.8, 4) is 16.9 Å². The number of rotatable bonds is 6. The Hall–Kier alpha value is -2.69. The van der Waals surface area contributed by atoms with Crippen LogP contribution in [0.1, 0.15) is 31.4 Å². The molecule has 0 aromatic heterocycles.